The number of rotatable bonds is 7. The standard InChI is InChI=1S/C10H20N4O2/c1-8(2)3-11-4-9-5-14(13-12-9)6-10(16)7-15/h5,8,10-11,15-16H,3-4,6-7H2,1-2H3. The van der Waals surface area contributed by atoms with Crippen LogP contribution in [0.5, 0.6) is 0 Å². The molecule has 1 aromatic rings. The first-order valence-corrected chi connectivity index (χ1v) is 5.50. The third-order valence-corrected chi connectivity index (χ3v) is 2.05. The fourth-order valence-electron chi connectivity index (χ4n) is 1.27. The van der Waals surface area contributed by atoms with Crippen molar-refractivity contribution in [3.8, 4) is 0 Å². The molecule has 0 aromatic carbocycles. The first kappa shape index (κ1) is 13.1. The molecule has 0 amide bonds. The van der Waals surface area contributed by atoms with Gasteiger partial charge in [0.2, 0.25) is 0 Å². The molecule has 6 nitrogen and oxygen atoms in total. The van der Waals surface area contributed by atoms with Crippen LogP contribution in [0.4, 0.5) is 0 Å². The lowest BCUT2D eigenvalue weighted by atomic mass is 10.2. The Morgan fingerprint density at radius 1 is 1.50 bits per heavy atom. The van der Waals surface area contributed by atoms with Gasteiger partial charge in [0.25, 0.3) is 0 Å². The number of hydrogen-bond donors (Lipinski definition) is 3. The summed E-state index contributed by atoms with van der Waals surface area (Å²) in [6.07, 6.45) is 0.991. The summed E-state index contributed by atoms with van der Waals surface area (Å²) in [4.78, 5) is 0. The highest BCUT2D eigenvalue weighted by Crippen LogP contribution is 1.96. The molecule has 0 radical (unpaired) electrons. The van der Waals surface area contributed by atoms with Crippen LogP contribution in [0.3, 0.4) is 0 Å². The molecule has 0 saturated heterocycles. The number of hydrogen-bond acceptors (Lipinski definition) is 5. The summed E-state index contributed by atoms with van der Waals surface area (Å²) < 4.78 is 1.53. The summed E-state index contributed by atoms with van der Waals surface area (Å²) in [5, 5.41) is 29.0. The molecular formula is C10H20N4O2. The predicted molar refractivity (Wildman–Crippen MR) is 59.7 cm³/mol. The third kappa shape index (κ3) is 4.69. The van der Waals surface area contributed by atoms with E-state index in [1.54, 1.807) is 6.20 Å². The summed E-state index contributed by atoms with van der Waals surface area (Å²) in [6.45, 7) is 5.90. The lowest BCUT2D eigenvalue weighted by Crippen LogP contribution is -2.20. The van der Waals surface area contributed by atoms with E-state index in [0.29, 0.717) is 12.5 Å². The van der Waals surface area contributed by atoms with E-state index in [9.17, 15) is 5.11 Å². The van der Waals surface area contributed by atoms with Gasteiger partial charge in [-0.15, -0.1) is 5.10 Å². The van der Waals surface area contributed by atoms with Crippen molar-refractivity contribution in [1.29, 1.82) is 0 Å². The number of aliphatic hydroxyl groups is 2. The molecule has 0 spiro atoms. The van der Waals surface area contributed by atoms with Gasteiger partial charge in [-0.2, -0.15) is 0 Å². The average Bonchev–Trinajstić information content (AvgIpc) is 2.65. The van der Waals surface area contributed by atoms with Gasteiger partial charge in [0.1, 0.15) is 0 Å². The van der Waals surface area contributed by atoms with Gasteiger partial charge in [-0.05, 0) is 12.5 Å². The van der Waals surface area contributed by atoms with E-state index < -0.39 is 6.10 Å². The normalized spacial score (nSPS) is 13.3. The highest BCUT2D eigenvalue weighted by atomic mass is 16.3. The minimum atomic E-state index is -0.779. The highest BCUT2D eigenvalue weighted by Gasteiger charge is 2.06. The maximum atomic E-state index is 9.22. The van der Waals surface area contributed by atoms with E-state index >= 15 is 0 Å². The second-order valence-corrected chi connectivity index (χ2v) is 4.29. The quantitative estimate of drug-likeness (QED) is 0.579. The zero-order chi connectivity index (χ0) is 12.0. The molecule has 0 fully saturated rings. The van der Waals surface area contributed by atoms with Crippen LogP contribution in [-0.2, 0) is 13.1 Å². The van der Waals surface area contributed by atoms with Crippen LogP contribution in [-0.4, -0.2) is 44.5 Å². The fraction of sp³-hybridized carbons (Fsp3) is 0.800. The van der Waals surface area contributed by atoms with Gasteiger partial charge in [0.05, 0.1) is 24.9 Å². The molecular weight excluding hydrogens is 208 g/mol. The zero-order valence-corrected chi connectivity index (χ0v) is 9.80. The van der Waals surface area contributed by atoms with Crippen molar-refractivity contribution < 1.29 is 10.2 Å². The highest BCUT2D eigenvalue weighted by molar-refractivity contribution is 4.91. The Labute approximate surface area is 95.3 Å². The van der Waals surface area contributed by atoms with Gasteiger partial charge < -0.3 is 15.5 Å². The molecule has 16 heavy (non-hydrogen) atoms. The topological polar surface area (TPSA) is 83.2 Å². The van der Waals surface area contributed by atoms with Crippen molar-refractivity contribution >= 4 is 0 Å². The van der Waals surface area contributed by atoms with Crippen LogP contribution >= 0.6 is 0 Å². The van der Waals surface area contributed by atoms with Gasteiger partial charge in [-0.1, -0.05) is 19.1 Å². The molecule has 6 heteroatoms. The van der Waals surface area contributed by atoms with E-state index in [4.69, 9.17) is 5.11 Å². The van der Waals surface area contributed by atoms with E-state index in [0.717, 1.165) is 12.2 Å². The average molecular weight is 228 g/mol. The van der Waals surface area contributed by atoms with E-state index in [1.807, 2.05) is 0 Å². The molecule has 1 rings (SSSR count). The lowest BCUT2D eigenvalue weighted by molar-refractivity contribution is 0.0778. The Morgan fingerprint density at radius 3 is 2.88 bits per heavy atom. The maximum Gasteiger partial charge on any atom is 0.0966 e. The van der Waals surface area contributed by atoms with Gasteiger partial charge >= 0.3 is 0 Å². The monoisotopic (exact) mass is 228 g/mol. The van der Waals surface area contributed by atoms with Gasteiger partial charge in [0, 0.05) is 12.7 Å². The van der Waals surface area contributed by atoms with E-state index in [2.05, 4.69) is 29.5 Å². The maximum absolute atomic E-state index is 9.22. The second-order valence-electron chi connectivity index (χ2n) is 4.29. The van der Waals surface area contributed by atoms with Crippen molar-refractivity contribution in [2.24, 2.45) is 5.92 Å². The van der Waals surface area contributed by atoms with Crippen molar-refractivity contribution in [2.45, 2.75) is 33.0 Å². The fourth-order valence-corrected chi connectivity index (χ4v) is 1.27. The minimum absolute atomic E-state index is 0.263. The molecule has 3 N–H and O–H groups in total. The Kier molecular flexibility index (Phi) is 5.37. The van der Waals surface area contributed by atoms with Crippen LogP contribution in [0.15, 0.2) is 6.20 Å². The SMILES string of the molecule is CC(C)CNCc1cn(CC(O)CO)nn1. The molecule has 0 saturated carbocycles. The van der Waals surface area contributed by atoms with Crippen molar-refractivity contribution in [3.63, 3.8) is 0 Å². The first-order valence-electron chi connectivity index (χ1n) is 5.50. The zero-order valence-electron chi connectivity index (χ0n) is 9.80. The molecule has 92 valence electrons. The van der Waals surface area contributed by atoms with Crippen LogP contribution in [0.1, 0.15) is 19.5 Å². The molecule has 0 aliphatic heterocycles. The Hall–Kier alpha value is -0.980. The van der Waals surface area contributed by atoms with Crippen LogP contribution in [0.25, 0.3) is 0 Å². The van der Waals surface area contributed by atoms with Crippen LogP contribution in [0, 0.1) is 5.92 Å². The van der Waals surface area contributed by atoms with E-state index in [-0.39, 0.29) is 13.2 Å². The smallest absolute Gasteiger partial charge is 0.0966 e. The molecule has 1 aromatic heterocycles. The predicted octanol–water partition coefficient (Wildman–Crippen LogP) is -0.623. The molecule has 1 heterocycles. The molecule has 0 bridgehead atoms. The second kappa shape index (κ2) is 6.57. The lowest BCUT2D eigenvalue weighted by Gasteiger charge is -2.05. The van der Waals surface area contributed by atoms with Crippen molar-refractivity contribution in [3.05, 3.63) is 11.9 Å². The van der Waals surface area contributed by atoms with Gasteiger partial charge in [-0.3, -0.25) is 0 Å². The summed E-state index contributed by atoms with van der Waals surface area (Å²) in [7, 11) is 0. The number of nitrogens with zero attached hydrogens (tertiary/aromatic N) is 3. The summed E-state index contributed by atoms with van der Waals surface area (Å²) in [5.74, 6) is 0.603. The summed E-state index contributed by atoms with van der Waals surface area (Å²) in [6, 6.07) is 0. The Balaban J connectivity index is 2.33. The summed E-state index contributed by atoms with van der Waals surface area (Å²) >= 11 is 0. The summed E-state index contributed by atoms with van der Waals surface area (Å²) in [5.41, 5.74) is 0.839. The third-order valence-electron chi connectivity index (χ3n) is 2.05. The minimum Gasteiger partial charge on any atom is -0.394 e. The van der Waals surface area contributed by atoms with Crippen LogP contribution in [0.2, 0.25) is 0 Å². The first-order chi connectivity index (χ1) is 7.61. The molecule has 1 unspecified atom stereocenters. The van der Waals surface area contributed by atoms with Crippen molar-refractivity contribution in [2.75, 3.05) is 13.2 Å². The number of nitrogens with one attached hydrogen (secondary N) is 1. The van der Waals surface area contributed by atoms with Gasteiger partial charge in [0.15, 0.2) is 0 Å². The van der Waals surface area contributed by atoms with E-state index in [1.165, 1.54) is 4.68 Å². The Morgan fingerprint density at radius 2 is 2.25 bits per heavy atom. The number of aliphatic hydroxyl groups excluding tert-OH is 2. The number of aromatic nitrogens is 3. The molecule has 0 aliphatic rings. The van der Waals surface area contributed by atoms with Crippen LogP contribution < -0.4 is 5.32 Å². The van der Waals surface area contributed by atoms with Crippen molar-refractivity contribution in [1.82, 2.24) is 20.3 Å². The largest absolute Gasteiger partial charge is 0.394 e. The Bertz CT molecular complexity index is 301. The molecule has 1 atom stereocenters. The molecule has 0 aliphatic carbocycles. The van der Waals surface area contributed by atoms with Gasteiger partial charge in [-0.25, -0.2) is 4.68 Å².